The maximum atomic E-state index is 5.67. The Kier molecular flexibility index (Phi) is 10.5. The van der Waals surface area contributed by atoms with Crippen molar-refractivity contribution in [2.45, 2.75) is 33.4 Å². The molecule has 0 unspecified atom stereocenters. The first kappa shape index (κ1) is 23.9. The fourth-order valence-corrected chi connectivity index (χ4v) is 2.48. The van der Waals surface area contributed by atoms with Crippen molar-refractivity contribution in [1.82, 2.24) is 5.32 Å². The molecule has 0 amide bonds. The van der Waals surface area contributed by atoms with Gasteiger partial charge >= 0.3 is 0 Å². The summed E-state index contributed by atoms with van der Waals surface area (Å²) in [6.07, 6.45) is 0.170. The topological polar surface area (TPSA) is 64.1 Å². The predicted molar refractivity (Wildman–Crippen MR) is 126 cm³/mol. The third-order valence-electron chi connectivity index (χ3n) is 3.70. The SMILES string of the molecule is CCOc1cc(NC(=NC)NCc2ccc(OC(C)C)cc2)ccc1OC.I. The highest BCUT2D eigenvalue weighted by atomic mass is 127. The Morgan fingerprint density at radius 2 is 1.79 bits per heavy atom. The van der Waals surface area contributed by atoms with Crippen LogP contribution in [0.25, 0.3) is 0 Å². The summed E-state index contributed by atoms with van der Waals surface area (Å²) in [5.41, 5.74) is 2.01. The molecule has 0 aliphatic carbocycles. The van der Waals surface area contributed by atoms with Crippen molar-refractivity contribution < 1.29 is 14.2 Å². The zero-order valence-electron chi connectivity index (χ0n) is 17.1. The van der Waals surface area contributed by atoms with Crippen molar-refractivity contribution in [3.8, 4) is 17.2 Å². The molecule has 0 bridgehead atoms. The highest BCUT2D eigenvalue weighted by molar-refractivity contribution is 14.0. The van der Waals surface area contributed by atoms with Gasteiger partial charge in [-0.05, 0) is 50.6 Å². The first-order valence-electron chi connectivity index (χ1n) is 9.09. The Morgan fingerprint density at radius 3 is 2.36 bits per heavy atom. The van der Waals surface area contributed by atoms with Crippen LogP contribution in [0.1, 0.15) is 26.3 Å². The van der Waals surface area contributed by atoms with Crippen LogP contribution in [0.5, 0.6) is 17.2 Å². The van der Waals surface area contributed by atoms with Crippen LogP contribution >= 0.6 is 24.0 Å². The summed E-state index contributed by atoms with van der Waals surface area (Å²) in [6, 6.07) is 13.7. The first-order valence-corrected chi connectivity index (χ1v) is 9.09. The summed E-state index contributed by atoms with van der Waals surface area (Å²) in [5.74, 6) is 2.94. The van der Waals surface area contributed by atoms with E-state index in [9.17, 15) is 0 Å². The summed E-state index contributed by atoms with van der Waals surface area (Å²) in [4.78, 5) is 4.27. The number of guanidine groups is 1. The summed E-state index contributed by atoms with van der Waals surface area (Å²) in [7, 11) is 3.37. The third kappa shape index (κ3) is 7.46. The van der Waals surface area contributed by atoms with Gasteiger partial charge in [0.1, 0.15) is 5.75 Å². The van der Waals surface area contributed by atoms with Gasteiger partial charge in [0.15, 0.2) is 17.5 Å². The van der Waals surface area contributed by atoms with Crippen molar-refractivity contribution in [2.75, 3.05) is 26.1 Å². The number of hydrogen-bond donors (Lipinski definition) is 2. The molecule has 6 nitrogen and oxygen atoms in total. The fraction of sp³-hybridized carbons (Fsp3) is 0.381. The molecule has 28 heavy (non-hydrogen) atoms. The van der Waals surface area contributed by atoms with Crippen LogP contribution in [-0.2, 0) is 6.54 Å². The van der Waals surface area contributed by atoms with Crippen LogP contribution in [-0.4, -0.2) is 32.8 Å². The van der Waals surface area contributed by atoms with E-state index in [1.165, 1.54) is 0 Å². The van der Waals surface area contributed by atoms with Crippen molar-refractivity contribution in [3.63, 3.8) is 0 Å². The molecule has 7 heteroatoms. The second-order valence-corrected chi connectivity index (χ2v) is 6.16. The highest BCUT2D eigenvalue weighted by Gasteiger charge is 2.07. The molecule has 0 spiro atoms. The van der Waals surface area contributed by atoms with Gasteiger partial charge in [0.05, 0.1) is 19.8 Å². The molecule has 0 heterocycles. The van der Waals surface area contributed by atoms with Crippen molar-refractivity contribution in [1.29, 1.82) is 0 Å². The third-order valence-corrected chi connectivity index (χ3v) is 3.70. The molecule has 0 aliphatic heterocycles. The normalized spacial score (nSPS) is 10.9. The minimum Gasteiger partial charge on any atom is -0.493 e. The molecular formula is C21H30IN3O3. The van der Waals surface area contributed by atoms with E-state index in [2.05, 4.69) is 15.6 Å². The lowest BCUT2D eigenvalue weighted by Crippen LogP contribution is -2.30. The van der Waals surface area contributed by atoms with Gasteiger partial charge in [-0.15, -0.1) is 24.0 Å². The average molecular weight is 499 g/mol. The van der Waals surface area contributed by atoms with Gasteiger partial charge in [-0.25, -0.2) is 0 Å². The number of aliphatic imine (C=N–C) groups is 1. The number of hydrogen-bond acceptors (Lipinski definition) is 4. The van der Waals surface area contributed by atoms with E-state index in [4.69, 9.17) is 14.2 Å². The van der Waals surface area contributed by atoms with Crippen LogP contribution < -0.4 is 24.8 Å². The lowest BCUT2D eigenvalue weighted by Gasteiger charge is -2.15. The van der Waals surface area contributed by atoms with E-state index >= 15 is 0 Å². The summed E-state index contributed by atoms with van der Waals surface area (Å²) >= 11 is 0. The van der Waals surface area contributed by atoms with Gasteiger partial charge in [0.2, 0.25) is 0 Å². The quantitative estimate of drug-likeness (QED) is 0.314. The van der Waals surface area contributed by atoms with E-state index < -0.39 is 0 Å². The molecular weight excluding hydrogens is 469 g/mol. The van der Waals surface area contributed by atoms with Gasteiger partial charge < -0.3 is 24.8 Å². The standard InChI is InChI=1S/C21H29N3O3.HI/c1-6-26-20-13-17(9-12-19(20)25-5)24-21(22-4)23-14-16-7-10-18(11-8-16)27-15(2)3;/h7-13,15H,6,14H2,1-5H3,(H2,22,23,24);1H. The number of methoxy groups -OCH3 is 1. The number of anilines is 1. The molecule has 0 fully saturated rings. The van der Waals surface area contributed by atoms with Crippen molar-refractivity contribution in [2.24, 2.45) is 4.99 Å². The van der Waals surface area contributed by atoms with Crippen molar-refractivity contribution in [3.05, 3.63) is 48.0 Å². The summed E-state index contributed by atoms with van der Waals surface area (Å²) in [6.45, 7) is 7.19. The molecule has 2 aromatic rings. The van der Waals surface area contributed by atoms with Crippen LogP contribution in [0.4, 0.5) is 5.69 Å². The molecule has 2 rings (SSSR count). The molecule has 154 valence electrons. The lowest BCUT2D eigenvalue weighted by atomic mass is 10.2. The molecule has 0 saturated heterocycles. The maximum absolute atomic E-state index is 5.67. The second-order valence-electron chi connectivity index (χ2n) is 6.16. The van der Waals surface area contributed by atoms with Gasteiger partial charge in [-0.3, -0.25) is 4.99 Å². The number of nitrogens with one attached hydrogen (secondary N) is 2. The Hall–Kier alpha value is -2.16. The van der Waals surface area contributed by atoms with Gasteiger partial charge in [0, 0.05) is 25.3 Å². The molecule has 2 N–H and O–H groups in total. The Balaban J connectivity index is 0.00000392. The van der Waals surface area contributed by atoms with Gasteiger partial charge in [-0.2, -0.15) is 0 Å². The first-order chi connectivity index (χ1) is 13.0. The predicted octanol–water partition coefficient (Wildman–Crippen LogP) is 4.69. The zero-order valence-corrected chi connectivity index (χ0v) is 19.4. The average Bonchev–Trinajstić information content (AvgIpc) is 2.66. The van der Waals surface area contributed by atoms with Crippen molar-refractivity contribution >= 4 is 35.6 Å². The number of ether oxygens (including phenoxy) is 3. The monoisotopic (exact) mass is 499 g/mol. The maximum Gasteiger partial charge on any atom is 0.195 e. The van der Waals surface area contributed by atoms with Crippen LogP contribution in [0.2, 0.25) is 0 Å². The molecule has 0 radical (unpaired) electrons. The van der Waals surface area contributed by atoms with Gasteiger partial charge in [0.25, 0.3) is 0 Å². The number of rotatable bonds is 8. The van der Waals surface area contributed by atoms with E-state index in [1.54, 1.807) is 14.2 Å². The van der Waals surface area contributed by atoms with E-state index in [1.807, 2.05) is 63.2 Å². The minimum atomic E-state index is 0. The Labute approximate surface area is 184 Å². The minimum absolute atomic E-state index is 0. The molecule has 0 atom stereocenters. The molecule has 2 aromatic carbocycles. The smallest absolute Gasteiger partial charge is 0.195 e. The summed E-state index contributed by atoms with van der Waals surface area (Å²) in [5, 5.41) is 6.57. The van der Waals surface area contributed by atoms with Crippen LogP contribution in [0.15, 0.2) is 47.5 Å². The molecule has 0 saturated carbocycles. The Bertz CT molecular complexity index is 749. The Morgan fingerprint density at radius 1 is 1.07 bits per heavy atom. The second kappa shape index (κ2) is 12.3. The summed E-state index contributed by atoms with van der Waals surface area (Å²) < 4.78 is 16.6. The van der Waals surface area contributed by atoms with E-state index in [-0.39, 0.29) is 30.1 Å². The lowest BCUT2D eigenvalue weighted by molar-refractivity contribution is 0.242. The largest absolute Gasteiger partial charge is 0.493 e. The number of benzene rings is 2. The fourth-order valence-electron chi connectivity index (χ4n) is 2.48. The highest BCUT2D eigenvalue weighted by Crippen LogP contribution is 2.30. The van der Waals surface area contributed by atoms with Gasteiger partial charge in [-0.1, -0.05) is 12.1 Å². The van der Waals surface area contributed by atoms with E-state index in [0.717, 1.165) is 17.0 Å². The molecule has 0 aliphatic rings. The number of halogens is 1. The van der Waals surface area contributed by atoms with E-state index in [0.29, 0.717) is 30.6 Å². The van der Waals surface area contributed by atoms with Crippen LogP contribution in [0, 0.1) is 0 Å². The zero-order chi connectivity index (χ0) is 19.6. The molecule has 0 aromatic heterocycles. The van der Waals surface area contributed by atoms with Crippen LogP contribution in [0.3, 0.4) is 0 Å². The number of nitrogens with zero attached hydrogens (tertiary/aromatic N) is 1.